The molecule has 0 saturated heterocycles. The van der Waals surface area contributed by atoms with Crippen LogP contribution in [0.2, 0.25) is 0 Å². The van der Waals surface area contributed by atoms with Crippen LogP contribution in [0.1, 0.15) is 43.0 Å². The molecule has 0 atom stereocenters. The van der Waals surface area contributed by atoms with Crippen molar-refractivity contribution in [3.63, 3.8) is 0 Å². The first-order valence-corrected chi connectivity index (χ1v) is 7.73. The summed E-state index contributed by atoms with van der Waals surface area (Å²) < 4.78 is 0. The molecule has 0 bridgehead atoms. The molecule has 1 heterocycles. The summed E-state index contributed by atoms with van der Waals surface area (Å²) in [6, 6.07) is 6.37. The van der Waals surface area contributed by atoms with Gasteiger partial charge in [-0.1, -0.05) is 18.9 Å². The molecule has 2 aliphatic rings. The first-order chi connectivity index (χ1) is 9.81. The number of carbonyl (C=O) groups excluding carboxylic acids is 1. The van der Waals surface area contributed by atoms with Crippen LogP contribution in [0.3, 0.4) is 0 Å². The van der Waals surface area contributed by atoms with Gasteiger partial charge in [0, 0.05) is 25.7 Å². The molecule has 1 aliphatic carbocycles. The normalized spacial score (nSPS) is 18.1. The van der Waals surface area contributed by atoms with Crippen molar-refractivity contribution in [1.82, 2.24) is 4.90 Å². The third kappa shape index (κ3) is 2.35. The van der Waals surface area contributed by atoms with Crippen LogP contribution in [0.4, 0.5) is 11.4 Å². The van der Waals surface area contributed by atoms with E-state index in [0.717, 1.165) is 49.4 Å². The van der Waals surface area contributed by atoms with Crippen LogP contribution in [0, 0.1) is 0 Å². The molecule has 1 aromatic rings. The zero-order valence-corrected chi connectivity index (χ0v) is 12.1. The highest BCUT2D eigenvalue weighted by atomic mass is 16.2. The van der Waals surface area contributed by atoms with Crippen molar-refractivity contribution in [1.29, 1.82) is 0 Å². The van der Waals surface area contributed by atoms with Crippen molar-refractivity contribution in [2.75, 3.05) is 30.3 Å². The van der Waals surface area contributed by atoms with E-state index in [0.29, 0.717) is 6.04 Å². The summed E-state index contributed by atoms with van der Waals surface area (Å²) in [4.78, 5) is 14.9. The smallest absolute Gasteiger partial charge is 0.256 e. The molecular formula is C16H23N3O. The molecule has 1 aromatic carbocycles. The molecule has 1 aliphatic heterocycles. The molecule has 0 unspecified atom stereocenters. The number of amides is 1. The molecule has 4 heteroatoms. The first-order valence-electron chi connectivity index (χ1n) is 7.73. The predicted octanol–water partition coefficient (Wildman–Crippen LogP) is 2.93. The second kappa shape index (κ2) is 5.73. The topological polar surface area (TPSA) is 44.4 Å². The fourth-order valence-electron chi connectivity index (χ4n) is 3.39. The van der Waals surface area contributed by atoms with E-state index in [1.807, 2.05) is 18.2 Å². The summed E-state index contributed by atoms with van der Waals surface area (Å²) in [5, 5.41) is 6.72. The minimum Gasteiger partial charge on any atom is -0.382 e. The summed E-state index contributed by atoms with van der Waals surface area (Å²) in [6.45, 7) is 4.65. The molecule has 1 saturated carbocycles. The summed E-state index contributed by atoms with van der Waals surface area (Å²) in [5.41, 5.74) is 2.83. The van der Waals surface area contributed by atoms with E-state index in [1.54, 1.807) is 0 Å². The lowest BCUT2D eigenvalue weighted by atomic mass is 10.1. The van der Waals surface area contributed by atoms with Gasteiger partial charge in [0.1, 0.15) is 0 Å². The molecule has 2 N–H and O–H groups in total. The van der Waals surface area contributed by atoms with Gasteiger partial charge >= 0.3 is 0 Å². The number of rotatable bonds is 3. The van der Waals surface area contributed by atoms with E-state index in [-0.39, 0.29) is 5.91 Å². The maximum absolute atomic E-state index is 12.9. The number of fused-ring (bicyclic) bond motifs is 1. The number of benzene rings is 1. The molecule has 1 amide bonds. The van der Waals surface area contributed by atoms with E-state index < -0.39 is 0 Å². The van der Waals surface area contributed by atoms with Gasteiger partial charge in [-0.2, -0.15) is 0 Å². The average molecular weight is 273 g/mol. The number of anilines is 2. The van der Waals surface area contributed by atoms with E-state index in [4.69, 9.17) is 0 Å². The largest absolute Gasteiger partial charge is 0.382 e. The van der Waals surface area contributed by atoms with Crippen LogP contribution in [-0.2, 0) is 0 Å². The number of para-hydroxylation sites is 1. The highest BCUT2D eigenvalue weighted by molar-refractivity contribution is 6.03. The van der Waals surface area contributed by atoms with Gasteiger partial charge in [0.25, 0.3) is 5.91 Å². The summed E-state index contributed by atoms with van der Waals surface area (Å²) in [6.07, 6.45) is 4.81. The maximum atomic E-state index is 12.9. The zero-order chi connectivity index (χ0) is 13.9. The van der Waals surface area contributed by atoms with Crippen LogP contribution >= 0.6 is 0 Å². The first kappa shape index (κ1) is 13.3. The van der Waals surface area contributed by atoms with Crippen molar-refractivity contribution >= 4 is 17.3 Å². The van der Waals surface area contributed by atoms with E-state index >= 15 is 0 Å². The molecule has 4 nitrogen and oxygen atoms in total. The molecule has 0 radical (unpaired) electrons. The Labute approximate surface area is 120 Å². The zero-order valence-electron chi connectivity index (χ0n) is 12.1. The van der Waals surface area contributed by atoms with Gasteiger partial charge in [0.2, 0.25) is 0 Å². The average Bonchev–Trinajstić information content (AvgIpc) is 3.01. The standard InChI is InChI=1S/C16H23N3O/c1-2-19(12-6-3-4-7-12)16(20)13-8-5-9-14-15(13)18-11-10-17-14/h5,8-9,12,17-18H,2-4,6-7,10-11H2,1H3. The van der Waals surface area contributed by atoms with Crippen LogP contribution < -0.4 is 10.6 Å². The van der Waals surface area contributed by atoms with E-state index in [2.05, 4.69) is 22.5 Å². The van der Waals surface area contributed by atoms with Gasteiger partial charge in [0.05, 0.1) is 16.9 Å². The van der Waals surface area contributed by atoms with Gasteiger partial charge < -0.3 is 15.5 Å². The van der Waals surface area contributed by atoms with Crippen molar-refractivity contribution in [3.05, 3.63) is 23.8 Å². The third-order valence-electron chi connectivity index (χ3n) is 4.40. The predicted molar refractivity (Wildman–Crippen MR) is 82.4 cm³/mol. The Morgan fingerprint density at radius 2 is 2.00 bits per heavy atom. The Morgan fingerprint density at radius 3 is 2.75 bits per heavy atom. The summed E-state index contributed by atoms with van der Waals surface area (Å²) in [7, 11) is 0. The van der Waals surface area contributed by atoms with Crippen LogP contribution in [0.15, 0.2) is 18.2 Å². The third-order valence-corrected chi connectivity index (χ3v) is 4.40. The van der Waals surface area contributed by atoms with Crippen LogP contribution in [-0.4, -0.2) is 36.5 Å². The Bertz CT molecular complexity index is 494. The Balaban J connectivity index is 1.89. The van der Waals surface area contributed by atoms with Crippen LogP contribution in [0.25, 0.3) is 0 Å². The summed E-state index contributed by atoms with van der Waals surface area (Å²) >= 11 is 0. The van der Waals surface area contributed by atoms with Gasteiger partial charge in [-0.05, 0) is 31.9 Å². The molecule has 20 heavy (non-hydrogen) atoms. The van der Waals surface area contributed by atoms with Gasteiger partial charge in [-0.15, -0.1) is 0 Å². The van der Waals surface area contributed by atoms with Crippen molar-refractivity contribution in [2.24, 2.45) is 0 Å². The van der Waals surface area contributed by atoms with Crippen molar-refractivity contribution < 1.29 is 4.79 Å². The highest BCUT2D eigenvalue weighted by Gasteiger charge is 2.28. The van der Waals surface area contributed by atoms with Crippen LogP contribution in [0.5, 0.6) is 0 Å². The number of nitrogens with one attached hydrogen (secondary N) is 2. The Kier molecular flexibility index (Phi) is 3.81. The van der Waals surface area contributed by atoms with E-state index in [1.165, 1.54) is 12.8 Å². The number of hydrogen-bond donors (Lipinski definition) is 2. The van der Waals surface area contributed by atoms with Gasteiger partial charge in [-0.3, -0.25) is 4.79 Å². The highest BCUT2D eigenvalue weighted by Crippen LogP contribution is 2.31. The Morgan fingerprint density at radius 1 is 1.25 bits per heavy atom. The molecular weight excluding hydrogens is 250 g/mol. The van der Waals surface area contributed by atoms with Crippen molar-refractivity contribution in [3.8, 4) is 0 Å². The fraction of sp³-hybridized carbons (Fsp3) is 0.562. The van der Waals surface area contributed by atoms with Gasteiger partial charge in [-0.25, -0.2) is 0 Å². The molecule has 108 valence electrons. The lowest BCUT2D eigenvalue weighted by Gasteiger charge is -2.30. The van der Waals surface area contributed by atoms with Crippen molar-refractivity contribution in [2.45, 2.75) is 38.6 Å². The minimum absolute atomic E-state index is 0.174. The SMILES string of the molecule is CCN(C(=O)c1cccc2c1NCCN2)C1CCCC1. The molecule has 0 aromatic heterocycles. The molecule has 0 spiro atoms. The fourth-order valence-corrected chi connectivity index (χ4v) is 3.39. The second-order valence-electron chi connectivity index (χ2n) is 5.61. The van der Waals surface area contributed by atoms with E-state index in [9.17, 15) is 4.79 Å². The number of carbonyl (C=O) groups is 1. The quantitative estimate of drug-likeness (QED) is 0.890. The van der Waals surface area contributed by atoms with Gasteiger partial charge in [0.15, 0.2) is 0 Å². The molecule has 3 rings (SSSR count). The second-order valence-corrected chi connectivity index (χ2v) is 5.61. The monoisotopic (exact) mass is 273 g/mol. The minimum atomic E-state index is 0.174. The lowest BCUT2D eigenvalue weighted by molar-refractivity contribution is 0.0694. The Hall–Kier alpha value is -1.71. The number of nitrogens with zero attached hydrogens (tertiary/aromatic N) is 1. The lowest BCUT2D eigenvalue weighted by Crippen LogP contribution is -2.39. The molecule has 1 fully saturated rings. The number of hydrogen-bond acceptors (Lipinski definition) is 3. The maximum Gasteiger partial charge on any atom is 0.256 e. The summed E-state index contributed by atoms with van der Waals surface area (Å²) in [5.74, 6) is 0.174.